The van der Waals surface area contributed by atoms with Gasteiger partial charge in [0.05, 0.1) is 11.9 Å². The summed E-state index contributed by atoms with van der Waals surface area (Å²) in [5.74, 6) is -0.437. The molecule has 0 saturated carbocycles. The lowest BCUT2D eigenvalue weighted by Crippen LogP contribution is -2.20. The molecule has 8 nitrogen and oxygen atoms in total. The van der Waals surface area contributed by atoms with Gasteiger partial charge >= 0.3 is 0 Å². The summed E-state index contributed by atoms with van der Waals surface area (Å²) in [6.45, 7) is 3.41. The third-order valence-electron chi connectivity index (χ3n) is 5.20. The number of hydrogen-bond donors (Lipinski definition) is 2. The molecule has 0 fully saturated rings. The van der Waals surface area contributed by atoms with Crippen molar-refractivity contribution in [3.05, 3.63) is 77.6 Å². The summed E-state index contributed by atoms with van der Waals surface area (Å²) in [4.78, 5) is 17.3. The zero-order chi connectivity index (χ0) is 21.4. The molecule has 0 saturated heterocycles. The lowest BCUT2D eigenvalue weighted by molar-refractivity contribution is 0.102. The summed E-state index contributed by atoms with van der Waals surface area (Å²) in [7, 11) is 0. The number of carbonyl (C=O) groups excluding carboxylic acids is 1. The van der Waals surface area contributed by atoms with Crippen molar-refractivity contribution in [2.24, 2.45) is 0 Å². The van der Waals surface area contributed by atoms with E-state index >= 15 is 0 Å². The number of anilines is 1. The molecule has 1 amide bonds. The highest BCUT2D eigenvalue weighted by molar-refractivity contribution is 6.08. The first-order chi connectivity index (χ1) is 15.1. The van der Waals surface area contributed by atoms with Gasteiger partial charge < -0.3 is 10.6 Å². The van der Waals surface area contributed by atoms with Crippen LogP contribution in [0.25, 0.3) is 16.9 Å². The van der Waals surface area contributed by atoms with E-state index in [1.165, 1.54) is 21.5 Å². The molecular weight excluding hydrogens is 397 g/mol. The average molecular weight is 417 g/mol. The molecule has 1 aliphatic rings. The van der Waals surface area contributed by atoms with Gasteiger partial charge in [0.15, 0.2) is 5.65 Å². The first kappa shape index (κ1) is 19.1. The Morgan fingerprint density at radius 1 is 1.29 bits per heavy atom. The van der Waals surface area contributed by atoms with Crippen LogP contribution in [0.5, 0.6) is 0 Å². The quantitative estimate of drug-likeness (QED) is 0.533. The standard InChI is InChI=1S/C22H20FN7O/c1-14-3-4-19(17(23)11-14)30-20(12-18(28-30)15-5-8-24-9-6-15)27-22(31)16-13-26-29-10-2-7-25-21(16)29/h2-5,7,10-13,24H,6,8-9H2,1H3,(H,27,31). The van der Waals surface area contributed by atoms with Crippen molar-refractivity contribution in [2.45, 2.75) is 13.3 Å². The van der Waals surface area contributed by atoms with Crippen LogP contribution in [0.1, 0.15) is 28.0 Å². The Morgan fingerprint density at radius 2 is 2.19 bits per heavy atom. The number of nitrogens with zero attached hydrogens (tertiary/aromatic N) is 5. The van der Waals surface area contributed by atoms with Gasteiger partial charge in [0.1, 0.15) is 22.9 Å². The van der Waals surface area contributed by atoms with Crippen LogP contribution >= 0.6 is 0 Å². The maximum absolute atomic E-state index is 14.8. The molecule has 5 rings (SSSR count). The number of carbonyl (C=O) groups is 1. The second kappa shape index (κ2) is 7.77. The SMILES string of the molecule is Cc1ccc(-n2nc(C3=CCNCC3)cc2NC(=O)c2cnn3cccnc23)c(F)c1. The van der Waals surface area contributed by atoms with Crippen LogP contribution in [-0.4, -0.2) is 43.4 Å². The second-order valence-electron chi connectivity index (χ2n) is 7.37. The first-order valence-electron chi connectivity index (χ1n) is 9.96. The monoisotopic (exact) mass is 417 g/mol. The maximum Gasteiger partial charge on any atom is 0.262 e. The Labute approximate surface area is 177 Å². The van der Waals surface area contributed by atoms with Crippen molar-refractivity contribution >= 4 is 22.9 Å². The fraction of sp³-hybridized carbons (Fsp3) is 0.182. The molecule has 9 heteroatoms. The average Bonchev–Trinajstić information content (AvgIpc) is 3.39. The third-order valence-corrected chi connectivity index (χ3v) is 5.20. The summed E-state index contributed by atoms with van der Waals surface area (Å²) in [5, 5.41) is 14.9. The minimum atomic E-state index is -0.415. The van der Waals surface area contributed by atoms with E-state index in [2.05, 4.69) is 31.9 Å². The summed E-state index contributed by atoms with van der Waals surface area (Å²) in [5.41, 5.74) is 3.58. The van der Waals surface area contributed by atoms with Gasteiger partial charge in [-0.05, 0) is 49.2 Å². The lowest BCUT2D eigenvalue weighted by Gasteiger charge is -2.11. The highest BCUT2D eigenvalue weighted by atomic mass is 19.1. The van der Waals surface area contributed by atoms with Gasteiger partial charge in [-0.2, -0.15) is 10.2 Å². The molecule has 2 N–H and O–H groups in total. The van der Waals surface area contributed by atoms with Crippen LogP contribution in [0, 0.1) is 12.7 Å². The number of halogens is 1. The number of benzene rings is 1. The summed E-state index contributed by atoms with van der Waals surface area (Å²) in [6, 6.07) is 8.42. The van der Waals surface area contributed by atoms with E-state index in [4.69, 9.17) is 0 Å². The molecule has 1 aromatic carbocycles. The number of amides is 1. The molecule has 0 aliphatic carbocycles. The number of aryl methyl sites for hydroxylation is 1. The van der Waals surface area contributed by atoms with Crippen molar-refractivity contribution in [3.63, 3.8) is 0 Å². The fourth-order valence-electron chi connectivity index (χ4n) is 3.62. The number of hydrogen-bond acceptors (Lipinski definition) is 5. The van der Waals surface area contributed by atoms with Crippen molar-refractivity contribution in [1.82, 2.24) is 29.7 Å². The van der Waals surface area contributed by atoms with Crippen LogP contribution in [0.3, 0.4) is 0 Å². The number of aromatic nitrogens is 5. The van der Waals surface area contributed by atoms with Crippen molar-refractivity contribution in [2.75, 3.05) is 18.4 Å². The molecule has 4 aromatic rings. The Hall–Kier alpha value is -3.85. The molecule has 4 heterocycles. The van der Waals surface area contributed by atoms with E-state index in [9.17, 15) is 9.18 Å². The molecule has 0 atom stereocenters. The Morgan fingerprint density at radius 3 is 3.00 bits per heavy atom. The fourth-order valence-corrected chi connectivity index (χ4v) is 3.62. The highest BCUT2D eigenvalue weighted by Gasteiger charge is 2.20. The largest absolute Gasteiger partial charge is 0.313 e. The number of nitrogens with one attached hydrogen (secondary N) is 2. The van der Waals surface area contributed by atoms with E-state index in [1.54, 1.807) is 30.6 Å². The molecule has 0 bridgehead atoms. The summed E-state index contributed by atoms with van der Waals surface area (Å²) in [6.07, 6.45) is 7.64. The Kier molecular flexibility index (Phi) is 4.79. The van der Waals surface area contributed by atoms with E-state index in [-0.39, 0.29) is 5.69 Å². The van der Waals surface area contributed by atoms with E-state index in [1.807, 2.05) is 13.0 Å². The Bertz CT molecular complexity index is 1320. The highest BCUT2D eigenvalue weighted by Crippen LogP contribution is 2.27. The van der Waals surface area contributed by atoms with Gasteiger partial charge in [0.2, 0.25) is 0 Å². The van der Waals surface area contributed by atoms with E-state index in [0.29, 0.717) is 22.7 Å². The van der Waals surface area contributed by atoms with E-state index in [0.717, 1.165) is 30.6 Å². The minimum absolute atomic E-state index is 0.264. The van der Waals surface area contributed by atoms with Gasteiger partial charge in [0.25, 0.3) is 5.91 Å². The molecule has 3 aromatic heterocycles. The third kappa shape index (κ3) is 3.59. The van der Waals surface area contributed by atoms with Crippen molar-refractivity contribution in [1.29, 1.82) is 0 Å². The van der Waals surface area contributed by atoms with Crippen LogP contribution < -0.4 is 10.6 Å². The summed E-state index contributed by atoms with van der Waals surface area (Å²) >= 11 is 0. The number of rotatable bonds is 4. The van der Waals surface area contributed by atoms with Gasteiger partial charge in [-0.25, -0.2) is 18.6 Å². The Balaban J connectivity index is 1.57. The molecular formula is C22H20FN7O. The van der Waals surface area contributed by atoms with Crippen LogP contribution in [0.15, 0.2) is 55.0 Å². The predicted molar refractivity (Wildman–Crippen MR) is 115 cm³/mol. The van der Waals surface area contributed by atoms with Gasteiger partial charge in [0, 0.05) is 25.0 Å². The topological polar surface area (TPSA) is 89.1 Å². The second-order valence-corrected chi connectivity index (χ2v) is 7.37. The molecule has 1 aliphatic heterocycles. The minimum Gasteiger partial charge on any atom is -0.313 e. The molecule has 31 heavy (non-hydrogen) atoms. The smallest absolute Gasteiger partial charge is 0.262 e. The van der Waals surface area contributed by atoms with Crippen LogP contribution in [0.4, 0.5) is 10.2 Å². The summed E-state index contributed by atoms with van der Waals surface area (Å²) < 4.78 is 17.7. The predicted octanol–water partition coefficient (Wildman–Crippen LogP) is 2.99. The zero-order valence-electron chi connectivity index (χ0n) is 16.8. The lowest BCUT2D eigenvalue weighted by atomic mass is 10.1. The van der Waals surface area contributed by atoms with E-state index < -0.39 is 11.7 Å². The normalized spacial score (nSPS) is 13.9. The van der Waals surface area contributed by atoms with Gasteiger partial charge in [-0.1, -0.05) is 12.1 Å². The van der Waals surface area contributed by atoms with Gasteiger partial charge in [-0.3, -0.25) is 4.79 Å². The maximum atomic E-state index is 14.8. The molecule has 156 valence electrons. The first-order valence-corrected chi connectivity index (χ1v) is 9.96. The van der Waals surface area contributed by atoms with Crippen LogP contribution in [-0.2, 0) is 0 Å². The van der Waals surface area contributed by atoms with Crippen molar-refractivity contribution < 1.29 is 9.18 Å². The number of fused-ring (bicyclic) bond motifs is 1. The van der Waals surface area contributed by atoms with Gasteiger partial charge in [-0.15, -0.1) is 0 Å². The van der Waals surface area contributed by atoms with Crippen LogP contribution in [0.2, 0.25) is 0 Å². The molecule has 0 unspecified atom stereocenters. The zero-order valence-corrected chi connectivity index (χ0v) is 16.8. The molecule has 0 spiro atoms. The van der Waals surface area contributed by atoms with Crippen molar-refractivity contribution in [3.8, 4) is 5.69 Å². The molecule has 0 radical (unpaired) electrons.